The standard InChI is InChI=1S/C26H20ClN3O4/c1-3-33-23-12-16(8-10-22(23)32-2)15-28-30-25(29-20-7-5-4-6-19(20)26(30)31)24-14-17-13-18(27)9-11-21(17)34-24/h4-15H,3H2,1-2H3. The van der Waals surface area contributed by atoms with E-state index in [-0.39, 0.29) is 11.4 Å². The number of hydrogen-bond acceptors (Lipinski definition) is 6. The predicted octanol–water partition coefficient (Wildman–Crippen LogP) is 5.75. The van der Waals surface area contributed by atoms with Gasteiger partial charge in [0.1, 0.15) is 5.58 Å². The number of aromatic nitrogens is 2. The molecule has 0 aliphatic carbocycles. The SMILES string of the molecule is CCOc1cc(C=Nn2c(-c3cc4cc(Cl)ccc4o3)nc3ccccc3c2=O)ccc1OC. The van der Waals surface area contributed by atoms with Gasteiger partial charge in [-0.3, -0.25) is 4.79 Å². The van der Waals surface area contributed by atoms with Crippen LogP contribution in [0.15, 0.2) is 81.0 Å². The first-order valence-electron chi connectivity index (χ1n) is 10.6. The average molecular weight is 474 g/mol. The number of fused-ring (bicyclic) bond motifs is 2. The van der Waals surface area contributed by atoms with Crippen LogP contribution in [0.2, 0.25) is 5.02 Å². The van der Waals surface area contributed by atoms with Crippen molar-refractivity contribution in [2.45, 2.75) is 6.92 Å². The van der Waals surface area contributed by atoms with Crippen LogP contribution in [0.3, 0.4) is 0 Å². The summed E-state index contributed by atoms with van der Waals surface area (Å²) >= 11 is 6.13. The van der Waals surface area contributed by atoms with Crippen LogP contribution in [0.4, 0.5) is 0 Å². The summed E-state index contributed by atoms with van der Waals surface area (Å²) in [7, 11) is 1.58. The van der Waals surface area contributed by atoms with Crippen molar-refractivity contribution in [1.82, 2.24) is 9.66 Å². The van der Waals surface area contributed by atoms with Crippen molar-refractivity contribution in [3.63, 3.8) is 0 Å². The number of rotatable bonds is 6. The molecule has 170 valence electrons. The van der Waals surface area contributed by atoms with Crippen LogP contribution in [0, 0.1) is 0 Å². The van der Waals surface area contributed by atoms with E-state index in [9.17, 15) is 4.79 Å². The monoisotopic (exact) mass is 473 g/mol. The second kappa shape index (κ2) is 9.03. The zero-order valence-corrected chi connectivity index (χ0v) is 19.2. The van der Waals surface area contributed by atoms with Gasteiger partial charge >= 0.3 is 0 Å². The van der Waals surface area contributed by atoms with E-state index in [1.54, 1.807) is 67.9 Å². The lowest BCUT2D eigenvalue weighted by Crippen LogP contribution is -2.20. The molecule has 0 aliphatic heterocycles. The molecule has 0 atom stereocenters. The van der Waals surface area contributed by atoms with E-state index < -0.39 is 0 Å². The molecule has 2 heterocycles. The van der Waals surface area contributed by atoms with Gasteiger partial charge in [-0.25, -0.2) is 4.98 Å². The minimum atomic E-state index is -0.311. The predicted molar refractivity (Wildman–Crippen MR) is 133 cm³/mol. The van der Waals surface area contributed by atoms with Crippen LogP contribution in [0.25, 0.3) is 33.5 Å². The number of para-hydroxylation sites is 1. The number of furan rings is 1. The Hall–Kier alpha value is -4.10. The highest BCUT2D eigenvalue weighted by Crippen LogP contribution is 2.30. The van der Waals surface area contributed by atoms with Crippen LogP contribution in [0.5, 0.6) is 11.5 Å². The summed E-state index contributed by atoms with van der Waals surface area (Å²) in [6.45, 7) is 2.39. The minimum absolute atomic E-state index is 0.283. The molecule has 0 spiro atoms. The van der Waals surface area contributed by atoms with Gasteiger partial charge in [0.05, 0.1) is 30.8 Å². The summed E-state index contributed by atoms with van der Waals surface area (Å²) in [4.78, 5) is 18.1. The van der Waals surface area contributed by atoms with Crippen LogP contribution in [0.1, 0.15) is 12.5 Å². The molecule has 8 heteroatoms. The van der Waals surface area contributed by atoms with Gasteiger partial charge in [-0.15, -0.1) is 0 Å². The fourth-order valence-corrected chi connectivity index (χ4v) is 3.86. The molecule has 0 radical (unpaired) electrons. The van der Waals surface area contributed by atoms with E-state index in [0.717, 1.165) is 10.9 Å². The van der Waals surface area contributed by atoms with Crippen LogP contribution in [-0.2, 0) is 0 Å². The Labute approximate surface area is 199 Å². The summed E-state index contributed by atoms with van der Waals surface area (Å²) in [6.07, 6.45) is 1.57. The molecule has 0 amide bonds. The van der Waals surface area contributed by atoms with E-state index >= 15 is 0 Å². The van der Waals surface area contributed by atoms with Crippen molar-refractivity contribution >= 4 is 39.7 Å². The highest BCUT2D eigenvalue weighted by atomic mass is 35.5. The summed E-state index contributed by atoms with van der Waals surface area (Å²) in [5.74, 6) is 1.89. The van der Waals surface area contributed by atoms with E-state index in [1.807, 2.05) is 19.1 Å². The first-order valence-corrected chi connectivity index (χ1v) is 11.0. The number of ether oxygens (including phenoxy) is 2. The minimum Gasteiger partial charge on any atom is -0.493 e. The topological polar surface area (TPSA) is 78.9 Å². The van der Waals surface area contributed by atoms with E-state index in [1.165, 1.54) is 4.68 Å². The Morgan fingerprint density at radius 2 is 1.94 bits per heavy atom. The summed E-state index contributed by atoms with van der Waals surface area (Å²) in [5.41, 5.74) is 1.60. The molecule has 34 heavy (non-hydrogen) atoms. The molecule has 2 aromatic heterocycles. The lowest BCUT2D eigenvalue weighted by Gasteiger charge is -2.10. The van der Waals surface area contributed by atoms with Crippen molar-refractivity contribution in [1.29, 1.82) is 0 Å². The normalized spacial score (nSPS) is 11.5. The summed E-state index contributed by atoms with van der Waals surface area (Å²) < 4.78 is 18.2. The zero-order chi connectivity index (χ0) is 23.7. The zero-order valence-electron chi connectivity index (χ0n) is 18.5. The van der Waals surface area contributed by atoms with Gasteiger partial charge in [-0.1, -0.05) is 23.7 Å². The first-order chi connectivity index (χ1) is 16.6. The molecule has 0 bridgehead atoms. The van der Waals surface area contributed by atoms with Gasteiger partial charge in [0.15, 0.2) is 17.3 Å². The fraction of sp³-hybridized carbons (Fsp3) is 0.115. The van der Waals surface area contributed by atoms with Crippen molar-refractivity contribution in [2.24, 2.45) is 5.10 Å². The summed E-state index contributed by atoms with van der Waals surface area (Å²) in [6, 6.07) is 19.7. The van der Waals surface area contributed by atoms with Gasteiger partial charge in [-0.2, -0.15) is 9.78 Å². The van der Waals surface area contributed by atoms with Crippen molar-refractivity contribution in [3.8, 4) is 23.1 Å². The molecule has 0 N–H and O–H groups in total. The third-order valence-electron chi connectivity index (χ3n) is 5.26. The quantitative estimate of drug-likeness (QED) is 0.293. The fourth-order valence-electron chi connectivity index (χ4n) is 3.68. The molecular weight excluding hydrogens is 454 g/mol. The van der Waals surface area contributed by atoms with Gasteiger partial charge < -0.3 is 13.9 Å². The van der Waals surface area contributed by atoms with Gasteiger partial charge in [-0.05, 0) is 67.1 Å². The van der Waals surface area contributed by atoms with Gasteiger partial charge in [0, 0.05) is 10.4 Å². The average Bonchev–Trinajstić information content (AvgIpc) is 3.27. The Bertz CT molecular complexity index is 1600. The number of nitrogens with zero attached hydrogens (tertiary/aromatic N) is 3. The molecule has 5 aromatic rings. The second-order valence-corrected chi connectivity index (χ2v) is 7.89. The van der Waals surface area contributed by atoms with Crippen LogP contribution in [-0.4, -0.2) is 29.6 Å². The largest absolute Gasteiger partial charge is 0.493 e. The van der Waals surface area contributed by atoms with Crippen LogP contribution >= 0.6 is 11.6 Å². The maximum atomic E-state index is 13.4. The van der Waals surface area contributed by atoms with E-state index in [2.05, 4.69) is 10.1 Å². The van der Waals surface area contributed by atoms with Crippen molar-refractivity contribution < 1.29 is 13.9 Å². The van der Waals surface area contributed by atoms with Gasteiger partial charge in [0.25, 0.3) is 5.56 Å². The molecule has 7 nitrogen and oxygen atoms in total. The Morgan fingerprint density at radius 3 is 2.76 bits per heavy atom. The highest BCUT2D eigenvalue weighted by molar-refractivity contribution is 6.31. The molecule has 3 aromatic carbocycles. The molecular formula is C26H20ClN3O4. The van der Waals surface area contributed by atoms with Crippen molar-refractivity contribution in [3.05, 3.63) is 87.7 Å². The number of hydrogen-bond donors (Lipinski definition) is 0. The molecule has 0 aliphatic rings. The number of halogens is 1. The Balaban J connectivity index is 1.67. The third-order valence-corrected chi connectivity index (χ3v) is 5.50. The molecule has 0 saturated heterocycles. The Kier molecular flexibility index (Phi) is 5.77. The van der Waals surface area contributed by atoms with Crippen LogP contribution < -0.4 is 15.0 Å². The van der Waals surface area contributed by atoms with E-state index in [4.69, 9.17) is 25.5 Å². The van der Waals surface area contributed by atoms with Crippen molar-refractivity contribution in [2.75, 3.05) is 13.7 Å². The highest BCUT2D eigenvalue weighted by Gasteiger charge is 2.16. The maximum Gasteiger partial charge on any atom is 0.282 e. The lowest BCUT2D eigenvalue weighted by atomic mass is 10.2. The molecule has 0 unspecified atom stereocenters. The Morgan fingerprint density at radius 1 is 1.09 bits per heavy atom. The number of methoxy groups -OCH3 is 1. The summed E-state index contributed by atoms with van der Waals surface area (Å²) in [5, 5.41) is 6.32. The second-order valence-electron chi connectivity index (χ2n) is 7.45. The first kappa shape index (κ1) is 21.7. The smallest absolute Gasteiger partial charge is 0.282 e. The lowest BCUT2D eigenvalue weighted by molar-refractivity contribution is 0.311. The maximum absolute atomic E-state index is 13.4. The number of benzene rings is 3. The molecule has 0 saturated carbocycles. The van der Waals surface area contributed by atoms with Gasteiger partial charge in [0.2, 0.25) is 5.82 Å². The molecule has 5 rings (SSSR count). The molecule has 0 fully saturated rings. The third kappa shape index (κ3) is 4.02. The van der Waals surface area contributed by atoms with E-state index in [0.29, 0.717) is 45.4 Å².